The summed E-state index contributed by atoms with van der Waals surface area (Å²) in [6.07, 6.45) is 3.88. The molecule has 0 aliphatic carbocycles. The van der Waals surface area contributed by atoms with Crippen LogP contribution >= 0.6 is 0 Å². The largest absolute Gasteiger partial charge is 0.468 e. The number of ether oxygens (including phenoxy) is 2. The highest BCUT2D eigenvalue weighted by atomic mass is 19.3. The van der Waals surface area contributed by atoms with Crippen LogP contribution in [0.3, 0.4) is 0 Å². The molecule has 0 amide bonds. The van der Waals surface area contributed by atoms with Crippen LogP contribution in [-0.4, -0.2) is 30.8 Å². The van der Waals surface area contributed by atoms with Gasteiger partial charge in [-0.25, -0.2) is 0 Å². The van der Waals surface area contributed by atoms with E-state index in [0.717, 1.165) is 37.3 Å². The molecule has 130 valence electrons. The molecule has 1 aromatic carbocycles. The third-order valence-corrected chi connectivity index (χ3v) is 4.03. The minimum atomic E-state index is -2.83. The first-order valence-corrected chi connectivity index (χ1v) is 8.10. The van der Waals surface area contributed by atoms with Gasteiger partial charge >= 0.3 is 6.61 Å². The van der Waals surface area contributed by atoms with Gasteiger partial charge in [0, 0.05) is 25.3 Å². The van der Waals surface area contributed by atoms with E-state index in [2.05, 4.69) is 9.64 Å². The van der Waals surface area contributed by atoms with Crippen molar-refractivity contribution in [3.8, 4) is 5.75 Å². The van der Waals surface area contributed by atoms with E-state index >= 15 is 0 Å². The van der Waals surface area contributed by atoms with E-state index in [-0.39, 0.29) is 11.9 Å². The van der Waals surface area contributed by atoms with Crippen molar-refractivity contribution >= 4 is 0 Å². The van der Waals surface area contributed by atoms with Gasteiger partial charge in [-0.15, -0.1) is 0 Å². The summed E-state index contributed by atoms with van der Waals surface area (Å²) in [5.74, 6) is 1.05. The number of rotatable bonds is 8. The van der Waals surface area contributed by atoms with E-state index in [1.165, 1.54) is 0 Å². The van der Waals surface area contributed by atoms with Crippen LogP contribution in [0, 0.1) is 0 Å². The molecule has 2 aromatic rings. The summed E-state index contributed by atoms with van der Waals surface area (Å²) in [5, 5.41) is 0. The van der Waals surface area contributed by atoms with Crippen LogP contribution in [0.15, 0.2) is 47.1 Å². The Labute approximate surface area is 140 Å². The van der Waals surface area contributed by atoms with Crippen molar-refractivity contribution in [3.63, 3.8) is 0 Å². The summed E-state index contributed by atoms with van der Waals surface area (Å²) >= 11 is 0. The van der Waals surface area contributed by atoms with Gasteiger partial charge < -0.3 is 13.9 Å². The lowest BCUT2D eigenvalue weighted by Crippen LogP contribution is -2.31. The van der Waals surface area contributed by atoms with Gasteiger partial charge in [-0.2, -0.15) is 8.78 Å². The molecule has 1 aliphatic heterocycles. The molecule has 0 radical (unpaired) electrons. The fraction of sp³-hybridized carbons (Fsp3) is 0.444. The van der Waals surface area contributed by atoms with Gasteiger partial charge in [0.25, 0.3) is 0 Å². The Bertz CT molecular complexity index is 612. The zero-order valence-corrected chi connectivity index (χ0v) is 13.4. The predicted octanol–water partition coefficient (Wildman–Crippen LogP) is 4.06. The SMILES string of the molecule is FC(F)Oc1ccccc1CN(Cc1ccco1)CC1CCCO1. The first kappa shape index (κ1) is 16.9. The van der Waals surface area contributed by atoms with Crippen LogP contribution in [0.2, 0.25) is 0 Å². The molecule has 0 N–H and O–H groups in total. The van der Waals surface area contributed by atoms with Crippen LogP contribution in [0.4, 0.5) is 8.78 Å². The average Bonchev–Trinajstić information content (AvgIpc) is 3.22. The van der Waals surface area contributed by atoms with Gasteiger partial charge in [-0.3, -0.25) is 4.90 Å². The normalized spacial score (nSPS) is 17.8. The number of benzene rings is 1. The highest BCUT2D eigenvalue weighted by Crippen LogP contribution is 2.24. The molecular weight excluding hydrogens is 316 g/mol. The molecular formula is C18H21F2NO3. The second kappa shape index (κ2) is 8.26. The Balaban J connectivity index is 1.72. The molecule has 1 atom stereocenters. The fourth-order valence-electron chi connectivity index (χ4n) is 2.97. The Morgan fingerprint density at radius 3 is 2.75 bits per heavy atom. The van der Waals surface area contributed by atoms with Gasteiger partial charge in [0.15, 0.2) is 0 Å². The smallest absolute Gasteiger partial charge is 0.387 e. The molecule has 1 aliphatic rings. The zero-order chi connectivity index (χ0) is 16.8. The number of nitrogens with zero attached hydrogens (tertiary/aromatic N) is 1. The van der Waals surface area contributed by atoms with Crippen molar-refractivity contribution in [2.75, 3.05) is 13.2 Å². The Morgan fingerprint density at radius 2 is 2.04 bits per heavy atom. The van der Waals surface area contributed by atoms with Crippen molar-refractivity contribution in [1.29, 1.82) is 0 Å². The second-order valence-electron chi connectivity index (χ2n) is 5.87. The van der Waals surface area contributed by atoms with Crippen molar-refractivity contribution in [2.45, 2.75) is 38.6 Å². The van der Waals surface area contributed by atoms with Crippen molar-refractivity contribution in [1.82, 2.24) is 4.90 Å². The van der Waals surface area contributed by atoms with E-state index in [9.17, 15) is 8.78 Å². The molecule has 0 spiro atoms. The number of hydrogen-bond acceptors (Lipinski definition) is 4. The Hall–Kier alpha value is -1.92. The summed E-state index contributed by atoms with van der Waals surface area (Å²) in [5.41, 5.74) is 0.724. The first-order valence-electron chi connectivity index (χ1n) is 8.10. The molecule has 4 nitrogen and oxygen atoms in total. The quantitative estimate of drug-likeness (QED) is 0.727. The van der Waals surface area contributed by atoms with E-state index < -0.39 is 6.61 Å². The maximum absolute atomic E-state index is 12.6. The number of furan rings is 1. The lowest BCUT2D eigenvalue weighted by molar-refractivity contribution is -0.0509. The third kappa shape index (κ3) is 4.79. The van der Waals surface area contributed by atoms with E-state index in [1.807, 2.05) is 24.3 Å². The Kier molecular flexibility index (Phi) is 5.82. The highest BCUT2D eigenvalue weighted by molar-refractivity contribution is 5.33. The zero-order valence-electron chi connectivity index (χ0n) is 13.4. The van der Waals surface area contributed by atoms with E-state index in [4.69, 9.17) is 9.15 Å². The number of para-hydroxylation sites is 1. The van der Waals surface area contributed by atoms with Crippen LogP contribution in [0.1, 0.15) is 24.2 Å². The lowest BCUT2D eigenvalue weighted by Gasteiger charge is -2.25. The third-order valence-electron chi connectivity index (χ3n) is 4.03. The lowest BCUT2D eigenvalue weighted by atomic mass is 10.1. The molecule has 1 saturated heterocycles. The fourth-order valence-corrected chi connectivity index (χ4v) is 2.97. The number of alkyl halides is 2. The number of hydrogen-bond donors (Lipinski definition) is 0. The molecule has 24 heavy (non-hydrogen) atoms. The topological polar surface area (TPSA) is 34.8 Å². The Morgan fingerprint density at radius 1 is 1.17 bits per heavy atom. The molecule has 1 unspecified atom stereocenters. The minimum absolute atomic E-state index is 0.170. The monoisotopic (exact) mass is 337 g/mol. The summed E-state index contributed by atoms with van der Waals surface area (Å²) in [7, 11) is 0. The highest BCUT2D eigenvalue weighted by Gasteiger charge is 2.21. The second-order valence-corrected chi connectivity index (χ2v) is 5.87. The van der Waals surface area contributed by atoms with Crippen LogP contribution in [0.25, 0.3) is 0 Å². The predicted molar refractivity (Wildman–Crippen MR) is 84.9 cm³/mol. The molecule has 0 bridgehead atoms. The minimum Gasteiger partial charge on any atom is -0.468 e. The summed E-state index contributed by atoms with van der Waals surface area (Å²) in [6, 6.07) is 10.6. The van der Waals surface area contributed by atoms with Gasteiger partial charge in [0.05, 0.1) is 18.9 Å². The van der Waals surface area contributed by atoms with Crippen LogP contribution < -0.4 is 4.74 Å². The summed E-state index contributed by atoms with van der Waals surface area (Å²) in [4.78, 5) is 2.14. The van der Waals surface area contributed by atoms with E-state index in [1.54, 1.807) is 18.4 Å². The first-order chi connectivity index (χ1) is 11.7. The molecule has 1 aromatic heterocycles. The molecule has 0 saturated carbocycles. The maximum atomic E-state index is 12.6. The van der Waals surface area contributed by atoms with Crippen molar-refractivity contribution < 1.29 is 22.7 Å². The van der Waals surface area contributed by atoms with Gasteiger partial charge in [0.2, 0.25) is 0 Å². The van der Waals surface area contributed by atoms with Gasteiger partial charge in [0.1, 0.15) is 11.5 Å². The summed E-state index contributed by atoms with van der Waals surface area (Å²) < 4.78 is 41.0. The standard InChI is InChI=1S/C18H21F2NO3/c19-18(20)24-17-8-2-1-5-14(17)11-21(12-15-6-3-9-22-15)13-16-7-4-10-23-16/h1-3,5-6,8-9,16,18H,4,7,10-13H2. The van der Waals surface area contributed by atoms with Crippen LogP contribution in [-0.2, 0) is 17.8 Å². The molecule has 6 heteroatoms. The molecule has 3 rings (SSSR count). The number of halogens is 2. The van der Waals surface area contributed by atoms with E-state index in [0.29, 0.717) is 13.1 Å². The van der Waals surface area contributed by atoms with Crippen molar-refractivity contribution in [3.05, 3.63) is 54.0 Å². The van der Waals surface area contributed by atoms with Gasteiger partial charge in [-0.05, 0) is 31.0 Å². The molecule has 2 heterocycles. The van der Waals surface area contributed by atoms with Crippen molar-refractivity contribution in [2.24, 2.45) is 0 Å². The average molecular weight is 337 g/mol. The van der Waals surface area contributed by atoms with Gasteiger partial charge in [-0.1, -0.05) is 18.2 Å². The van der Waals surface area contributed by atoms with Crippen LogP contribution in [0.5, 0.6) is 5.75 Å². The molecule has 1 fully saturated rings. The summed E-state index contributed by atoms with van der Waals surface area (Å²) in [6.45, 7) is -0.240. The maximum Gasteiger partial charge on any atom is 0.387 e.